The fourth-order valence-corrected chi connectivity index (χ4v) is 11.6. The zero-order chi connectivity index (χ0) is 32.8. The molecule has 0 fully saturated rings. The first-order valence-corrected chi connectivity index (χ1v) is 19.1. The number of ether oxygens (including phenoxy) is 1. The van der Waals surface area contributed by atoms with Crippen molar-refractivity contribution in [3.05, 3.63) is 168 Å². The minimum atomic E-state index is -0.893. The van der Waals surface area contributed by atoms with Crippen molar-refractivity contribution in [1.29, 1.82) is 0 Å². The average molecular weight is 665 g/mol. The first kappa shape index (κ1) is 33.9. The Morgan fingerprint density at radius 2 is 0.854 bits per heavy atom. The molecule has 3 heteroatoms. The lowest BCUT2D eigenvalue weighted by molar-refractivity contribution is 0.423. The van der Waals surface area contributed by atoms with Crippen LogP contribution in [0.4, 0.5) is 0 Å². The van der Waals surface area contributed by atoms with Gasteiger partial charge in [0, 0.05) is 27.2 Å². The Labute approximate surface area is 290 Å². The van der Waals surface area contributed by atoms with Crippen LogP contribution in [0.5, 0.6) is 11.5 Å². The van der Waals surface area contributed by atoms with Crippen LogP contribution in [0.2, 0.25) is 0 Å². The molecule has 0 atom stereocenters. The van der Waals surface area contributed by atoms with Gasteiger partial charge in [0.25, 0.3) is 0 Å². The minimum Gasteiger partial charge on any atom is -0.455 e. The molecule has 1 heterocycles. The summed E-state index contributed by atoms with van der Waals surface area (Å²) in [5.74, 6) is 2.04. The summed E-state index contributed by atoms with van der Waals surface area (Å²) in [4.78, 5) is 0. The van der Waals surface area contributed by atoms with E-state index in [2.05, 4.69) is 187 Å². The maximum Gasteiger partial charge on any atom is 0.139 e. The van der Waals surface area contributed by atoms with Crippen LogP contribution < -0.4 is 36.6 Å². The third kappa shape index (κ3) is 6.28. The highest BCUT2D eigenvalue weighted by atomic mass is 31.1. The van der Waals surface area contributed by atoms with Crippen LogP contribution >= 0.6 is 15.8 Å². The van der Waals surface area contributed by atoms with E-state index in [1.165, 1.54) is 54.1 Å². The number of fused-ring (bicyclic) bond motifs is 2. The number of hydrogen-bond acceptors (Lipinski definition) is 1. The Morgan fingerprint density at radius 3 is 1.23 bits per heavy atom. The highest BCUT2D eigenvalue weighted by molar-refractivity contribution is 7.80. The Morgan fingerprint density at radius 1 is 0.500 bits per heavy atom. The Kier molecular flexibility index (Phi) is 9.51. The van der Waals surface area contributed by atoms with E-state index in [-0.39, 0.29) is 18.3 Å². The van der Waals surface area contributed by atoms with Crippen LogP contribution in [0, 0.1) is 6.92 Å². The first-order valence-electron chi connectivity index (χ1n) is 16.5. The molecule has 0 amide bonds. The SMILES string of the molecule is C.Cc1cc(P(c2ccccc2)c2ccccc2)c2c(c1)C(C)(C)c1cc(C(C)(C)C)cc(P(c3ccccc3)c3ccccc3)c1O2. The van der Waals surface area contributed by atoms with E-state index in [4.69, 9.17) is 4.74 Å². The van der Waals surface area contributed by atoms with Gasteiger partial charge >= 0.3 is 0 Å². The van der Waals surface area contributed by atoms with Crippen molar-refractivity contribution < 1.29 is 4.74 Å². The highest BCUT2D eigenvalue weighted by Crippen LogP contribution is 2.53. The van der Waals surface area contributed by atoms with Crippen LogP contribution in [0.1, 0.15) is 64.3 Å². The first-order chi connectivity index (χ1) is 22.6. The van der Waals surface area contributed by atoms with E-state index in [1.54, 1.807) is 0 Å². The summed E-state index contributed by atoms with van der Waals surface area (Å²) in [6, 6.07) is 53.7. The molecule has 7 rings (SSSR count). The van der Waals surface area contributed by atoms with Crippen molar-refractivity contribution in [2.24, 2.45) is 0 Å². The summed E-state index contributed by atoms with van der Waals surface area (Å²) in [6.07, 6.45) is 0. The summed E-state index contributed by atoms with van der Waals surface area (Å²) in [7, 11) is -1.76. The van der Waals surface area contributed by atoms with Crippen molar-refractivity contribution in [3.8, 4) is 11.5 Å². The lowest BCUT2D eigenvalue weighted by Crippen LogP contribution is -2.34. The Hall–Kier alpha value is -4.02. The summed E-state index contributed by atoms with van der Waals surface area (Å²) in [6.45, 7) is 14.0. The second-order valence-corrected chi connectivity index (χ2v) is 18.4. The number of hydrogen-bond donors (Lipinski definition) is 0. The maximum absolute atomic E-state index is 7.48. The molecule has 0 spiro atoms. The molecule has 1 aliphatic heterocycles. The van der Waals surface area contributed by atoms with Gasteiger partial charge in [0.15, 0.2) is 0 Å². The molecule has 48 heavy (non-hydrogen) atoms. The van der Waals surface area contributed by atoms with Gasteiger partial charge in [-0.05, 0) is 72.7 Å². The quantitative estimate of drug-likeness (QED) is 0.161. The fourth-order valence-electron chi connectivity index (χ4n) is 6.69. The van der Waals surface area contributed by atoms with Crippen LogP contribution in [0.25, 0.3) is 0 Å². The number of rotatable bonds is 6. The van der Waals surface area contributed by atoms with E-state index < -0.39 is 15.8 Å². The van der Waals surface area contributed by atoms with Crippen molar-refractivity contribution in [2.75, 3.05) is 0 Å². The summed E-state index contributed by atoms with van der Waals surface area (Å²) in [5, 5.41) is 7.87. The molecule has 0 radical (unpaired) electrons. The predicted octanol–water partition coefficient (Wildman–Crippen LogP) is 9.88. The van der Waals surface area contributed by atoms with Gasteiger partial charge in [-0.15, -0.1) is 0 Å². The molecule has 6 aromatic carbocycles. The van der Waals surface area contributed by atoms with E-state index >= 15 is 0 Å². The second-order valence-electron chi connectivity index (χ2n) is 14.0. The molecule has 0 aliphatic carbocycles. The van der Waals surface area contributed by atoms with Gasteiger partial charge < -0.3 is 4.74 Å². The zero-order valence-corrected chi connectivity index (χ0v) is 29.9. The third-order valence-electron chi connectivity index (χ3n) is 9.24. The van der Waals surface area contributed by atoms with Crippen LogP contribution in [0.15, 0.2) is 146 Å². The molecule has 0 aromatic heterocycles. The number of aryl methyl sites for hydroxylation is 1. The minimum absolute atomic E-state index is 0. The molecule has 0 saturated heterocycles. The van der Waals surface area contributed by atoms with Crippen molar-refractivity contribution in [3.63, 3.8) is 0 Å². The molecule has 0 saturated carbocycles. The molecule has 0 N–H and O–H groups in total. The molecule has 0 unspecified atom stereocenters. The summed E-state index contributed by atoms with van der Waals surface area (Å²) >= 11 is 0. The van der Waals surface area contributed by atoms with Gasteiger partial charge in [-0.3, -0.25) is 0 Å². The second kappa shape index (κ2) is 13.5. The molecule has 0 bridgehead atoms. The topological polar surface area (TPSA) is 9.23 Å². The van der Waals surface area contributed by atoms with Gasteiger partial charge in [0.2, 0.25) is 0 Å². The Balaban J connectivity index is 0.00000401. The molecular weight excluding hydrogens is 618 g/mol. The molecule has 1 nitrogen and oxygen atoms in total. The van der Waals surface area contributed by atoms with Gasteiger partial charge in [-0.1, -0.05) is 176 Å². The third-order valence-corrected chi connectivity index (χ3v) is 14.1. The largest absolute Gasteiger partial charge is 0.455 e. The van der Waals surface area contributed by atoms with E-state index in [9.17, 15) is 0 Å². The summed E-state index contributed by atoms with van der Waals surface area (Å²) in [5.41, 5.74) is 4.84. The van der Waals surface area contributed by atoms with Crippen LogP contribution in [-0.4, -0.2) is 0 Å². The number of benzene rings is 6. The van der Waals surface area contributed by atoms with E-state index in [0.717, 1.165) is 11.5 Å². The normalized spacial score (nSPS) is 13.3. The molecular formula is C45H46OP2. The summed E-state index contributed by atoms with van der Waals surface area (Å²) < 4.78 is 7.48. The monoisotopic (exact) mass is 664 g/mol. The van der Waals surface area contributed by atoms with Crippen molar-refractivity contribution >= 4 is 47.7 Å². The van der Waals surface area contributed by atoms with Gasteiger partial charge in [-0.2, -0.15) is 0 Å². The molecule has 242 valence electrons. The average Bonchev–Trinajstić information content (AvgIpc) is 3.07. The van der Waals surface area contributed by atoms with Gasteiger partial charge in [0.1, 0.15) is 11.5 Å². The van der Waals surface area contributed by atoms with E-state index in [0.29, 0.717) is 0 Å². The zero-order valence-electron chi connectivity index (χ0n) is 28.2. The van der Waals surface area contributed by atoms with Crippen molar-refractivity contribution in [1.82, 2.24) is 0 Å². The molecule has 1 aliphatic rings. The lowest BCUT2D eigenvalue weighted by Gasteiger charge is -2.40. The van der Waals surface area contributed by atoms with Crippen LogP contribution in [0.3, 0.4) is 0 Å². The standard InChI is InChI=1S/C44H42OP2.CH4/c1-31-27-37-41(39(28-31)46(33-19-11-7-12-20-33)34-21-13-8-14-22-34)45-42-38(44(37,5)6)29-32(43(2,3)4)30-40(42)47(35-23-15-9-16-24-35)36-25-17-10-18-26-36;/h7-30H,1-6H3;1H4. The van der Waals surface area contributed by atoms with E-state index in [1.807, 2.05) is 0 Å². The Bertz CT molecular complexity index is 1930. The van der Waals surface area contributed by atoms with Gasteiger partial charge in [-0.25, -0.2) is 0 Å². The van der Waals surface area contributed by atoms with Gasteiger partial charge in [0.05, 0.1) is 0 Å². The lowest BCUT2D eigenvalue weighted by atomic mass is 9.73. The molecule has 6 aromatic rings. The van der Waals surface area contributed by atoms with Crippen LogP contribution in [-0.2, 0) is 10.8 Å². The van der Waals surface area contributed by atoms with Crippen molar-refractivity contribution in [2.45, 2.75) is 59.8 Å². The smallest absolute Gasteiger partial charge is 0.139 e. The predicted molar refractivity (Wildman–Crippen MR) is 213 cm³/mol. The fraction of sp³-hybridized carbons (Fsp3) is 0.200. The maximum atomic E-state index is 7.48. The highest BCUT2D eigenvalue weighted by Gasteiger charge is 2.41.